The van der Waals surface area contributed by atoms with Gasteiger partial charge < -0.3 is 0 Å². The van der Waals surface area contributed by atoms with Crippen LogP contribution in [-0.2, 0) is 20.0 Å². The van der Waals surface area contributed by atoms with Crippen molar-refractivity contribution in [1.82, 2.24) is 9.66 Å². The van der Waals surface area contributed by atoms with E-state index in [1.54, 1.807) is 38.1 Å². The molecule has 0 aromatic heterocycles. The van der Waals surface area contributed by atoms with Crippen LogP contribution in [0.15, 0.2) is 46.2 Å². The van der Waals surface area contributed by atoms with Crippen molar-refractivity contribution in [3.63, 3.8) is 0 Å². The van der Waals surface area contributed by atoms with Gasteiger partial charge in [-0.2, -0.15) is 0 Å². The fourth-order valence-electron chi connectivity index (χ4n) is 2.42. The van der Waals surface area contributed by atoms with Gasteiger partial charge >= 0.3 is 0 Å². The van der Waals surface area contributed by atoms with Crippen molar-refractivity contribution in [3.8, 4) is 0 Å². The smallest absolute Gasteiger partial charge is 0.206 e. The molecule has 6 nitrogen and oxygen atoms in total. The zero-order valence-electron chi connectivity index (χ0n) is 13.9. The van der Waals surface area contributed by atoms with Crippen molar-refractivity contribution in [2.24, 2.45) is 0 Å². The molecule has 0 aliphatic heterocycles. The van der Waals surface area contributed by atoms with E-state index in [0.29, 0.717) is 11.1 Å². The summed E-state index contributed by atoms with van der Waals surface area (Å²) in [7, 11) is -8.02. The number of benzene rings is 2. The van der Waals surface area contributed by atoms with Crippen LogP contribution in [0.25, 0.3) is 0 Å². The molecule has 0 heterocycles. The van der Waals surface area contributed by atoms with E-state index >= 15 is 0 Å². The van der Waals surface area contributed by atoms with Crippen LogP contribution in [-0.4, -0.2) is 16.8 Å². The van der Waals surface area contributed by atoms with Crippen molar-refractivity contribution >= 4 is 20.0 Å². The predicted molar refractivity (Wildman–Crippen MR) is 92.5 cm³/mol. The van der Waals surface area contributed by atoms with E-state index in [1.807, 2.05) is 23.5 Å². The molecule has 0 spiro atoms. The molecule has 0 fully saturated rings. The Morgan fingerprint density at radius 2 is 0.958 bits per heavy atom. The molecule has 0 atom stereocenters. The Kier molecular flexibility index (Phi) is 5.14. The first-order chi connectivity index (χ1) is 11.0. The van der Waals surface area contributed by atoms with Gasteiger partial charge in [-0.25, -0.2) is 16.8 Å². The van der Waals surface area contributed by atoms with Gasteiger partial charge in [-0.15, -0.1) is 9.66 Å². The quantitative estimate of drug-likeness (QED) is 0.791. The number of rotatable bonds is 5. The third-order valence-corrected chi connectivity index (χ3v) is 6.50. The number of aryl methyl sites for hydroxylation is 4. The lowest BCUT2D eigenvalue weighted by molar-refractivity contribution is 0.557. The summed E-state index contributed by atoms with van der Waals surface area (Å²) in [6.45, 7) is 7.00. The summed E-state index contributed by atoms with van der Waals surface area (Å²) in [6, 6.07) is 9.62. The van der Waals surface area contributed by atoms with Gasteiger partial charge in [-0.3, -0.25) is 0 Å². The third kappa shape index (κ3) is 4.02. The number of sulfonamides is 2. The van der Waals surface area contributed by atoms with E-state index in [-0.39, 0.29) is 9.79 Å². The van der Waals surface area contributed by atoms with E-state index in [0.717, 1.165) is 11.1 Å². The number of hydrazine groups is 1. The average Bonchev–Trinajstić information content (AvgIpc) is 2.44. The molecular formula is C16H20N2O4S2. The summed E-state index contributed by atoms with van der Waals surface area (Å²) in [6.07, 6.45) is 0. The second-order valence-electron chi connectivity index (χ2n) is 5.75. The van der Waals surface area contributed by atoms with Crippen molar-refractivity contribution < 1.29 is 16.8 Å². The highest BCUT2D eigenvalue weighted by Gasteiger charge is 2.22. The number of nitrogens with one attached hydrogen (secondary N) is 2. The van der Waals surface area contributed by atoms with Crippen LogP contribution in [0.2, 0.25) is 0 Å². The van der Waals surface area contributed by atoms with E-state index in [4.69, 9.17) is 0 Å². The molecule has 2 aromatic carbocycles. The van der Waals surface area contributed by atoms with Gasteiger partial charge in [0.25, 0.3) is 20.0 Å². The van der Waals surface area contributed by atoms with E-state index in [1.165, 1.54) is 12.1 Å². The topological polar surface area (TPSA) is 92.3 Å². The van der Waals surface area contributed by atoms with Gasteiger partial charge in [0.05, 0.1) is 9.79 Å². The highest BCUT2D eigenvalue weighted by molar-refractivity contribution is 7.92. The van der Waals surface area contributed by atoms with Crippen LogP contribution in [0.3, 0.4) is 0 Å². The molecule has 0 amide bonds. The Hall–Kier alpha value is -1.74. The maximum Gasteiger partial charge on any atom is 0.254 e. The fourth-order valence-corrected chi connectivity index (χ4v) is 4.98. The third-order valence-electron chi connectivity index (χ3n) is 3.55. The molecule has 2 N–H and O–H groups in total. The second kappa shape index (κ2) is 6.64. The average molecular weight is 368 g/mol. The minimum atomic E-state index is -4.01. The van der Waals surface area contributed by atoms with Gasteiger partial charge in [0.15, 0.2) is 0 Å². The molecule has 0 saturated carbocycles. The van der Waals surface area contributed by atoms with Crippen molar-refractivity contribution in [2.75, 3.05) is 0 Å². The molecule has 0 radical (unpaired) electrons. The largest absolute Gasteiger partial charge is 0.254 e. The van der Waals surface area contributed by atoms with Crippen molar-refractivity contribution in [3.05, 3.63) is 58.7 Å². The molecule has 0 unspecified atom stereocenters. The van der Waals surface area contributed by atoms with Gasteiger partial charge in [0, 0.05) is 0 Å². The minimum Gasteiger partial charge on any atom is -0.206 e. The van der Waals surface area contributed by atoms with Crippen LogP contribution in [0.1, 0.15) is 22.3 Å². The zero-order valence-corrected chi connectivity index (χ0v) is 15.5. The molecule has 130 valence electrons. The van der Waals surface area contributed by atoms with Gasteiger partial charge in [0.2, 0.25) is 0 Å². The molecule has 2 rings (SSSR count). The molecule has 0 aliphatic rings. The summed E-state index contributed by atoms with van der Waals surface area (Å²) in [4.78, 5) is 3.95. The first kappa shape index (κ1) is 18.6. The fraction of sp³-hybridized carbons (Fsp3) is 0.250. The van der Waals surface area contributed by atoms with Crippen LogP contribution in [0, 0.1) is 27.7 Å². The van der Waals surface area contributed by atoms with E-state index < -0.39 is 20.0 Å². The molecule has 0 bridgehead atoms. The van der Waals surface area contributed by atoms with Gasteiger partial charge in [0.1, 0.15) is 0 Å². The van der Waals surface area contributed by atoms with Gasteiger partial charge in [-0.1, -0.05) is 35.4 Å². The lowest BCUT2D eigenvalue weighted by Crippen LogP contribution is -2.41. The van der Waals surface area contributed by atoms with Crippen molar-refractivity contribution in [2.45, 2.75) is 37.5 Å². The second-order valence-corrected chi connectivity index (χ2v) is 9.05. The summed E-state index contributed by atoms with van der Waals surface area (Å²) < 4.78 is 49.4. The first-order valence-corrected chi connectivity index (χ1v) is 10.2. The van der Waals surface area contributed by atoms with Crippen LogP contribution < -0.4 is 9.66 Å². The summed E-state index contributed by atoms with van der Waals surface area (Å²) in [5, 5.41) is 0. The Labute approximate surface area is 143 Å². The Morgan fingerprint density at radius 3 is 1.25 bits per heavy atom. The van der Waals surface area contributed by atoms with E-state index in [2.05, 4.69) is 0 Å². The van der Waals surface area contributed by atoms with Crippen LogP contribution in [0.5, 0.6) is 0 Å². The molecule has 24 heavy (non-hydrogen) atoms. The normalized spacial score (nSPS) is 12.3. The lowest BCUT2D eigenvalue weighted by Gasteiger charge is -2.13. The number of hydrogen-bond donors (Lipinski definition) is 2. The monoisotopic (exact) mass is 368 g/mol. The SMILES string of the molecule is Cc1ccc(S(=O)(=O)NNS(=O)(=O)c2ccc(C)cc2C)c(C)c1. The Balaban J connectivity index is 2.28. The standard InChI is InChI=1S/C16H20N2O4S2/c1-11-5-7-15(13(3)9-11)23(19,20)17-18-24(21,22)16-8-6-12(2)10-14(16)4/h5-10,17-18H,1-4H3. The van der Waals surface area contributed by atoms with Crippen LogP contribution >= 0.6 is 0 Å². The van der Waals surface area contributed by atoms with Gasteiger partial charge in [-0.05, 0) is 51.0 Å². The summed E-state index contributed by atoms with van der Waals surface area (Å²) in [5.41, 5.74) is 2.91. The highest BCUT2D eigenvalue weighted by atomic mass is 32.2. The summed E-state index contributed by atoms with van der Waals surface area (Å²) in [5.74, 6) is 0. The van der Waals surface area contributed by atoms with Crippen molar-refractivity contribution in [1.29, 1.82) is 0 Å². The Bertz CT molecular complexity index is 900. The minimum absolute atomic E-state index is 0.0245. The predicted octanol–water partition coefficient (Wildman–Crippen LogP) is 2.09. The summed E-state index contributed by atoms with van der Waals surface area (Å²) >= 11 is 0. The molecule has 0 saturated heterocycles. The molecule has 0 aliphatic carbocycles. The lowest BCUT2D eigenvalue weighted by atomic mass is 10.2. The Morgan fingerprint density at radius 1 is 0.625 bits per heavy atom. The van der Waals surface area contributed by atoms with E-state index in [9.17, 15) is 16.8 Å². The number of hydrogen-bond acceptors (Lipinski definition) is 4. The zero-order chi connectivity index (χ0) is 18.1. The molecule has 8 heteroatoms. The highest BCUT2D eigenvalue weighted by Crippen LogP contribution is 2.18. The first-order valence-electron chi connectivity index (χ1n) is 7.21. The maximum atomic E-state index is 12.3. The molecule has 2 aromatic rings. The maximum absolute atomic E-state index is 12.3. The molecular weight excluding hydrogens is 348 g/mol. The van der Waals surface area contributed by atoms with Crippen LogP contribution in [0.4, 0.5) is 0 Å².